The Morgan fingerprint density at radius 1 is 1.38 bits per heavy atom. The van der Waals surface area contributed by atoms with E-state index in [2.05, 4.69) is 6.07 Å². The molecular weight excluding hydrogens is 311 g/mol. The second-order valence-corrected chi connectivity index (χ2v) is 5.81. The molecule has 0 heterocycles. The molecule has 130 valence electrons. The number of amides is 1. The summed E-state index contributed by atoms with van der Waals surface area (Å²) in [6, 6.07) is 8.10. The molecule has 0 fully saturated rings. The van der Waals surface area contributed by atoms with Crippen LogP contribution < -0.4 is 0 Å². The highest BCUT2D eigenvalue weighted by Crippen LogP contribution is 2.12. The van der Waals surface area contributed by atoms with Gasteiger partial charge < -0.3 is 9.64 Å². The molecule has 5 nitrogen and oxygen atoms in total. The number of benzene rings is 1. The molecule has 2 unspecified atom stereocenters. The van der Waals surface area contributed by atoms with Gasteiger partial charge in [0.2, 0.25) is 0 Å². The van der Waals surface area contributed by atoms with E-state index in [4.69, 9.17) is 10.00 Å². The Balaban J connectivity index is 2.49. The molecule has 1 aromatic rings. The van der Waals surface area contributed by atoms with Gasteiger partial charge in [-0.2, -0.15) is 5.26 Å². The van der Waals surface area contributed by atoms with Gasteiger partial charge in [0, 0.05) is 13.1 Å². The Kier molecular flexibility index (Phi) is 7.90. The molecule has 0 aromatic heterocycles. The van der Waals surface area contributed by atoms with Crippen LogP contribution in [0, 0.1) is 29.0 Å². The number of likely N-dealkylation sites (N-methyl/N-ethyl adjacent to an activating group) is 1. The zero-order chi connectivity index (χ0) is 18.1. The molecule has 0 aliphatic heterocycles. The number of halogens is 1. The van der Waals surface area contributed by atoms with Crippen molar-refractivity contribution in [2.45, 2.75) is 27.2 Å². The molecule has 0 aliphatic rings. The number of hydrogen-bond donors (Lipinski definition) is 0. The fraction of sp³-hybridized carbons (Fsp3) is 0.500. The number of carbonyl (C=O) groups is 2. The molecule has 0 N–H and O–H groups in total. The first-order valence-corrected chi connectivity index (χ1v) is 7.95. The predicted octanol–water partition coefficient (Wildman–Crippen LogP) is 2.56. The summed E-state index contributed by atoms with van der Waals surface area (Å²) in [5.74, 6) is -1.94. The van der Waals surface area contributed by atoms with Crippen molar-refractivity contribution in [3.8, 4) is 6.07 Å². The van der Waals surface area contributed by atoms with Crippen LogP contribution in [0.25, 0.3) is 0 Å². The van der Waals surface area contributed by atoms with Crippen molar-refractivity contribution < 1.29 is 18.7 Å². The number of hydrogen-bond acceptors (Lipinski definition) is 4. The second kappa shape index (κ2) is 9.66. The summed E-state index contributed by atoms with van der Waals surface area (Å²) < 4.78 is 18.2. The fourth-order valence-electron chi connectivity index (χ4n) is 2.25. The summed E-state index contributed by atoms with van der Waals surface area (Å²) in [5.41, 5.74) is 0.698. The molecule has 2 atom stereocenters. The van der Waals surface area contributed by atoms with E-state index in [-0.39, 0.29) is 24.2 Å². The lowest BCUT2D eigenvalue weighted by molar-refractivity contribution is -0.155. The van der Waals surface area contributed by atoms with Gasteiger partial charge in [0.25, 0.3) is 5.91 Å². The number of carbonyl (C=O) groups excluding carboxylic acids is 2. The van der Waals surface area contributed by atoms with Crippen LogP contribution in [0.4, 0.5) is 4.39 Å². The van der Waals surface area contributed by atoms with Crippen molar-refractivity contribution in [1.29, 1.82) is 5.26 Å². The van der Waals surface area contributed by atoms with E-state index in [1.54, 1.807) is 32.9 Å². The number of esters is 1. The summed E-state index contributed by atoms with van der Waals surface area (Å²) in [5, 5.41) is 8.81. The monoisotopic (exact) mass is 334 g/mol. The third-order valence-electron chi connectivity index (χ3n) is 3.62. The van der Waals surface area contributed by atoms with Gasteiger partial charge >= 0.3 is 5.97 Å². The highest BCUT2D eigenvalue weighted by Gasteiger charge is 2.20. The van der Waals surface area contributed by atoms with Crippen LogP contribution in [0.2, 0.25) is 0 Å². The Labute approximate surface area is 142 Å². The van der Waals surface area contributed by atoms with Gasteiger partial charge in [-0.05, 0) is 38.0 Å². The average molecular weight is 334 g/mol. The molecular formula is C18H23FN2O3. The molecule has 0 saturated carbocycles. The van der Waals surface area contributed by atoms with Crippen LogP contribution >= 0.6 is 0 Å². The highest BCUT2D eigenvalue weighted by molar-refractivity contribution is 5.81. The standard InChI is InChI=1S/C18H23FN2O3/c1-4-21(11-13(2)10-20)17(22)12-24-18(23)14(3)8-15-6-5-7-16(19)9-15/h5-7,9,13-14H,4,8,11-12H2,1-3H3. The fourth-order valence-corrected chi connectivity index (χ4v) is 2.25. The number of nitriles is 1. The maximum Gasteiger partial charge on any atom is 0.309 e. The van der Waals surface area contributed by atoms with Crippen LogP contribution in [0.5, 0.6) is 0 Å². The zero-order valence-corrected chi connectivity index (χ0v) is 14.3. The third-order valence-corrected chi connectivity index (χ3v) is 3.62. The van der Waals surface area contributed by atoms with Gasteiger partial charge in [0.05, 0.1) is 17.9 Å². The van der Waals surface area contributed by atoms with Crippen molar-refractivity contribution in [2.24, 2.45) is 11.8 Å². The quantitative estimate of drug-likeness (QED) is 0.685. The Morgan fingerprint density at radius 2 is 2.08 bits per heavy atom. The van der Waals surface area contributed by atoms with Crippen LogP contribution in [0.3, 0.4) is 0 Å². The summed E-state index contributed by atoms with van der Waals surface area (Å²) in [7, 11) is 0. The van der Waals surface area contributed by atoms with Gasteiger partial charge in [-0.25, -0.2) is 4.39 Å². The van der Waals surface area contributed by atoms with Gasteiger partial charge in [-0.3, -0.25) is 9.59 Å². The molecule has 0 saturated heterocycles. The van der Waals surface area contributed by atoms with E-state index in [1.165, 1.54) is 17.0 Å². The molecule has 24 heavy (non-hydrogen) atoms. The van der Waals surface area contributed by atoms with Gasteiger partial charge in [-0.1, -0.05) is 19.1 Å². The minimum Gasteiger partial charge on any atom is -0.455 e. The first-order valence-electron chi connectivity index (χ1n) is 7.95. The summed E-state index contributed by atoms with van der Waals surface area (Å²) in [6.45, 7) is 5.61. The summed E-state index contributed by atoms with van der Waals surface area (Å²) in [6.07, 6.45) is 0.341. The van der Waals surface area contributed by atoms with E-state index >= 15 is 0 Å². The smallest absolute Gasteiger partial charge is 0.309 e. The maximum absolute atomic E-state index is 13.1. The molecule has 1 amide bonds. The average Bonchev–Trinajstić information content (AvgIpc) is 2.56. The number of rotatable bonds is 8. The minimum atomic E-state index is -0.503. The largest absolute Gasteiger partial charge is 0.455 e. The Hall–Kier alpha value is -2.42. The first-order chi connectivity index (χ1) is 11.4. The molecule has 0 bridgehead atoms. The van der Waals surface area contributed by atoms with Crippen molar-refractivity contribution in [2.75, 3.05) is 19.7 Å². The first kappa shape index (κ1) is 19.6. The summed E-state index contributed by atoms with van der Waals surface area (Å²) >= 11 is 0. The summed E-state index contributed by atoms with van der Waals surface area (Å²) in [4.78, 5) is 25.5. The molecule has 1 rings (SSSR count). The lowest BCUT2D eigenvalue weighted by atomic mass is 10.0. The predicted molar refractivity (Wildman–Crippen MR) is 87.3 cm³/mol. The SMILES string of the molecule is CCN(CC(C)C#N)C(=O)COC(=O)C(C)Cc1cccc(F)c1. The minimum absolute atomic E-state index is 0.281. The second-order valence-electron chi connectivity index (χ2n) is 5.81. The highest BCUT2D eigenvalue weighted by atomic mass is 19.1. The van der Waals surface area contributed by atoms with Gasteiger partial charge in [0.15, 0.2) is 6.61 Å². The van der Waals surface area contributed by atoms with Crippen molar-refractivity contribution in [3.63, 3.8) is 0 Å². The van der Waals surface area contributed by atoms with Crippen LogP contribution in [-0.2, 0) is 20.7 Å². The molecule has 1 aromatic carbocycles. The van der Waals surface area contributed by atoms with E-state index in [1.807, 2.05) is 0 Å². The number of ether oxygens (including phenoxy) is 1. The molecule has 0 spiro atoms. The topological polar surface area (TPSA) is 70.4 Å². The zero-order valence-electron chi connectivity index (χ0n) is 14.3. The lowest BCUT2D eigenvalue weighted by Gasteiger charge is -2.22. The van der Waals surface area contributed by atoms with Gasteiger partial charge in [-0.15, -0.1) is 0 Å². The van der Waals surface area contributed by atoms with Crippen LogP contribution in [-0.4, -0.2) is 36.5 Å². The van der Waals surface area contributed by atoms with Crippen LogP contribution in [0.15, 0.2) is 24.3 Å². The van der Waals surface area contributed by atoms with E-state index in [9.17, 15) is 14.0 Å². The van der Waals surface area contributed by atoms with Gasteiger partial charge in [0.1, 0.15) is 5.82 Å². The normalized spacial score (nSPS) is 12.8. The van der Waals surface area contributed by atoms with Crippen molar-refractivity contribution in [1.82, 2.24) is 4.90 Å². The van der Waals surface area contributed by atoms with Crippen molar-refractivity contribution >= 4 is 11.9 Å². The van der Waals surface area contributed by atoms with Crippen LogP contribution in [0.1, 0.15) is 26.3 Å². The maximum atomic E-state index is 13.1. The third kappa shape index (κ3) is 6.37. The van der Waals surface area contributed by atoms with E-state index < -0.39 is 11.9 Å². The molecule has 0 radical (unpaired) electrons. The van der Waals surface area contributed by atoms with Crippen molar-refractivity contribution in [3.05, 3.63) is 35.6 Å². The molecule has 6 heteroatoms. The molecule has 0 aliphatic carbocycles. The Bertz CT molecular complexity index is 613. The van der Waals surface area contributed by atoms with E-state index in [0.717, 1.165) is 0 Å². The Morgan fingerprint density at radius 3 is 2.67 bits per heavy atom. The lowest BCUT2D eigenvalue weighted by Crippen LogP contribution is -2.37. The van der Waals surface area contributed by atoms with E-state index in [0.29, 0.717) is 25.1 Å². The number of nitrogens with zero attached hydrogens (tertiary/aromatic N) is 2.